The number of alkyl halides is 1. The van der Waals surface area contributed by atoms with Gasteiger partial charge in [0.2, 0.25) is 11.8 Å². The number of carbonyl (C=O) groups is 3. The standard InChI is InChI=1S/C52H58ClFN6O5/c53-39-5-4-6-40-44(39)47(63)56-49-52(17-2-1-3-18-52)37-13-11-34(27-42(37)60(40)49)33-9-7-32(8-10-33)28-57-25-21-51(54,22-26-57)30-58-23-19-50(20-24-58)31-65-45-36-29-59(41-15-16-43(61)55-46(41)62)48(64)35(36)12-14-38(45)50/h4-6,11-14,27,32-33,41H,1-3,7-10,15-26,28-31H2,(H,55,61,62)/t32?,33?,41-/m0/s1. The zero-order chi connectivity index (χ0) is 44.2. The van der Waals surface area contributed by atoms with E-state index < -0.39 is 17.6 Å². The maximum absolute atomic E-state index is 16.6. The highest BCUT2D eigenvalue weighted by molar-refractivity contribution is 6.35. The van der Waals surface area contributed by atoms with Crippen LogP contribution in [0.2, 0.25) is 5.02 Å². The van der Waals surface area contributed by atoms with E-state index in [1.807, 2.05) is 24.3 Å². The van der Waals surface area contributed by atoms with Gasteiger partial charge in [0.1, 0.15) is 23.3 Å². The molecule has 7 heterocycles. The number of likely N-dealkylation sites (tertiary alicyclic amines) is 2. The molecule has 13 heteroatoms. The smallest absolute Gasteiger partial charge is 0.282 e. The third-order valence-corrected chi connectivity index (χ3v) is 17.7. The van der Waals surface area contributed by atoms with Gasteiger partial charge in [0.05, 0.1) is 40.2 Å². The first-order valence-corrected chi connectivity index (χ1v) is 24.8. The Hall–Kier alpha value is -4.65. The monoisotopic (exact) mass is 900 g/mol. The molecule has 3 saturated heterocycles. The highest BCUT2D eigenvalue weighted by Gasteiger charge is 2.50. The van der Waals surface area contributed by atoms with Gasteiger partial charge >= 0.3 is 0 Å². The fourth-order valence-electron chi connectivity index (χ4n) is 13.7. The van der Waals surface area contributed by atoms with Gasteiger partial charge in [0, 0.05) is 54.7 Å². The number of imide groups is 1. The summed E-state index contributed by atoms with van der Waals surface area (Å²) in [6.07, 6.45) is 13.6. The van der Waals surface area contributed by atoms with Crippen LogP contribution >= 0.6 is 11.6 Å². The molecular formula is C52H58ClFN6O5. The number of ether oxygens (including phenoxy) is 1. The average Bonchev–Trinajstić information content (AvgIpc) is 3.93. The lowest BCUT2D eigenvalue weighted by Crippen LogP contribution is -2.52. The average molecular weight is 902 g/mol. The topological polar surface area (TPSA) is 117 Å². The molecule has 2 aliphatic carbocycles. The van der Waals surface area contributed by atoms with Crippen LogP contribution in [0.5, 0.6) is 5.75 Å². The van der Waals surface area contributed by atoms with E-state index in [2.05, 4.69) is 37.9 Å². The van der Waals surface area contributed by atoms with E-state index in [4.69, 9.17) is 21.3 Å². The molecule has 2 saturated carbocycles. The van der Waals surface area contributed by atoms with Crippen molar-refractivity contribution in [3.8, 4) is 11.4 Å². The molecule has 1 N–H and O–H groups in total. The normalized spacial score (nSPS) is 26.8. The van der Waals surface area contributed by atoms with E-state index in [-0.39, 0.29) is 34.6 Å². The summed E-state index contributed by atoms with van der Waals surface area (Å²) in [4.78, 5) is 62.5. The zero-order valence-electron chi connectivity index (χ0n) is 37.1. The van der Waals surface area contributed by atoms with Gasteiger partial charge in [0.25, 0.3) is 11.5 Å². The fourth-order valence-corrected chi connectivity index (χ4v) is 14.0. The third-order valence-electron chi connectivity index (χ3n) is 17.4. The van der Waals surface area contributed by atoms with Crippen LogP contribution in [0.3, 0.4) is 0 Å². The summed E-state index contributed by atoms with van der Waals surface area (Å²) in [7, 11) is 0. The molecule has 1 aromatic heterocycles. The Balaban J connectivity index is 0.648. The quantitative estimate of drug-likeness (QED) is 0.195. The first-order valence-electron chi connectivity index (χ1n) is 24.5. The van der Waals surface area contributed by atoms with Gasteiger partial charge in [-0.2, -0.15) is 4.98 Å². The number of rotatable bonds is 6. The fraction of sp³-hybridized carbons (Fsp3) is 0.558. The Morgan fingerprint density at radius 3 is 2.35 bits per heavy atom. The minimum atomic E-state index is -1.19. The Labute approximate surface area is 384 Å². The van der Waals surface area contributed by atoms with E-state index in [0.29, 0.717) is 66.8 Å². The molecule has 3 amide bonds. The van der Waals surface area contributed by atoms with E-state index in [9.17, 15) is 19.2 Å². The Morgan fingerprint density at radius 2 is 1.58 bits per heavy atom. The summed E-state index contributed by atoms with van der Waals surface area (Å²) >= 11 is 6.63. The van der Waals surface area contributed by atoms with E-state index >= 15 is 4.39 Å². The van der Waals surface area contributed by atoms with Gasteiger partial charge in [0.15, 0.2) is 0 Å². The lowest BCUT2D eigenvalue weighted by atomic mass is 9.69. The summed E-state index contributed by atoms with van der Waals surface area (Å²) in [6, 6.07) is 16.2. The number of piperidine rings is 3. The molecule has 65 heavy (non-hydrogen) atoms. The van der Waals surface area contributed by atoms with Crippen LogP contribution in [0.15, 0.2) is 53.3 Å². The summed E-state index contributed by atoms with van der Waals surface area (Å²) in [5.41, 5.74) is 5.48. The van der Waals surface area contributed by atoms with Crippen LogP contribution in [-0.2, 0) is 27.0 Å². The second kappa shape index (κ2) is 15.7. The summed E-state index contributed by atoms with van der Waals surface area (Å²) in [5, 5.41) is 3.35. The molecule has 2 spiro atoms. The largest absolute Gasteiger partial charge is 0.492 e. The number of halogens is 2. The van der Waals surface area contributed by atoms with Crippen LogP contribution in [0.4, 0.5) is 4.39 Å². The second-order valence-corrected chi connectivity index (χ2v) is 21.4. The first-order chi connectivity index (χ1) is 31.5. The van der Waals surface area contributed by atoms with E-state index in [1.165, 1.54) is 36.1 Å². The van der Waals surface area contributed by atoms with Gasteiger partial charge in [-0.15, -0.1) is 0 Å². The van der Waals surface area contributed by atoms with Crippen molar-refractivity contribution in [3.05, 3.63) is 97.5 Å². The highest BCUT2D eigenvalue weighted by Crippen LogP contribution is 2.53. The number of amides is 3. The van der Waals surface area contributed by atoms with Gasteiger partial charge in [-0.25, -0.2) is 4.39 Å². The van der Waals surface area contributed by atoms with Crippen LogP contribution in [0.25, 0.3) is 16.6 Å². The molecule has 6 aliphatic heterocycles. The number of hydrogen-bond donors (Lipinski definition) is 1. The summed E-state index contributed by atoms with van der Waals surface area (Å²) in [6.45, 7) is 5.58. The number of fused-ring (bicyclic) bond motifs is 11. The third kappa shape index (κ3) is 6.81. The molecule has 11 nitrogen and oxygen atoms in total. The minimum absolute atomic E-state index is 0.162. The van der Waals surface area contributed by atoms with Gasteiger partial charge in [-0.3, -0.25) is 29.1 Å². The molecule has 3 aromatic carbocycles. The van der Waals surface area contributed by atoms with Gasteiger partial charge < -0.3 is 19.4 Å². The number of aromatic nitrogens is 2. The first kappa shape index (κ1) is 41.8. The maximum Gasteiger partial charge on any atom is 0.282 e. The van der Waals surface area contributed by atoms with Crippen molar-refractivity contribution in [2.45, 2.75) is 131 Å². The number of carbonyl (C=O) groups excluding carboxylic acids is 3. The molecule has 1 atom stereocenters. The van der Waals surface area contributed by atoms with Gasteiger partial charge in [-0.1, -0.05) is 55.1 Å². The van der Waals surface area contributed by atoms with Crippen LogP contribution in [0, 0.1) is 5.92 Å². The van der Waals surface area contributed by atoms with E-state index in [1.54, 1.807) is 11.0 Å². The summed E-state index contributed by atoms with van der Waals surface area (Å²) < 4.78 is 25.3. The van der Waals surface area contributed by atoms with Crippen molar-refractivity contribution in [1.82, 2.24) is 29.6 Å². The van der Waals surface area contributed by atoms with Crippen molar-refractivity contribution in [3.63, 3.8) is 0 Å². The number of hydrogen-bond acceptors (Lipinski definition) is 8. The van der Waals surface area contributed by atoms with Crippen LogP contribution in [0.1, 0.15) is 141 Å². The highest BCUT2D eigenvalue weighted by atomic mass is 35.5. The van der Waals surface area contributed by atoms with E-state index in [0.717, 1.165) is 112 Å². The number of benzene rings is 3. The zero-order valence-corrected chi connectivity index (χ0v) is 37.9. The number of nitrogens with zero attached hydrogens (tertiary/aromatic N) is 5. The van der Waals surface area contributed by atoms with Crippen molar-refractivity contribution < 1.29 is 23.5 Å². The Morgan fingerprint density at radius 1 is 0.831 bits per heavy atom. The lowest BCUT2D eigenvalue weighted by Gasteiger charge is -2.44. The van der Waals surface area contributed by atoms with Crippen LogP contribution in [-0.4, -0.2) is 99.6 Å². The Bertz CT molecular complexity index is 2690. The SMILES string of the molecule is O=C1CC[C@H](N2Cc3c(ccc4c3OCC43CCN(CC4(F)CCN(CC5CCC(c6ccc7c(c6)-n6c(nc(=O)c8c(Cl)cccc86)C76CCCCC6)CC5)CC4)CC3)C2=O)C(=O)N1. The molecule has 340 valence electrons. The molecule has 5 fully saturated rings. The van der Waals surface area contributed by atoms with Gasteiger partial charge in [-0.05, 0) is 131 Å². The predicted molar refractivity (Wildman–Crippen MR) is 246 cm³/mol. The molecule has 12 rings (SSSR count). The predicted octanol–water partition coefficient (Wildman–Crippen LogP) is 7.87. The molecule has 0 unspecified atom stereocenters. The molecule has 0 radical (unpaired) electrons. The molecule has 8 aliphatic rings. The van der Waals surface area contributed by atoms with Crippen molar-refractivity contribution >= 4 is 40.2 Å². The second-order valence-electron chi connectivity index (χ2n) is 21.0. The number of nitrogens with one attached hydrogen (secondary N) is 1. The van der Waals surface area contributed by atoms with Crippen LogP contribution < -0.4 is 15.6 Å². The Kier molecular flexibility index (Phi) is 10.1. The lowest BCUT2D eigenvalue weighted by molar-refractivity contribution is -0.136. The van der Waals surface area contributed by atoms with Crippen molar-refractivity contribution in [1.29, 1.82) is 0 Å². The molecule has 4 aromatic rings. The molecular weight excluding hydrogens is 843 g/mol. The van der Waals surface area contributed by atoms with Crippen molar-refractivity contribution in [2.24, 2.45) is 5.92 Å². The molecule has 0 bridgehead atoms. The minimum Gasteiger partial charge on any atom is -0.492 e. The summed E-state index contributed by atoms with van der Waals surface area (Å²) in [5.74, 6) is 1.89. The van der Waals surface area contributed by atoms with Crippen molar-refractivity contribution in [2.75, 3.05) is 45.9 Å². The maximum atomic E-state index is 16.6.